The molecule has 1 saturated heterocycles. The van der Waals surface area contributed by atoms with Crippen LogP contribution in [0.3, 0.4) is 0 Å². The Bertz CT molecular complexity index is 616. The zero-order valence-corrected chi connectivity index (χ0v) is 12.7. The van der Waals surface area contributed by atoms with Crippen LogP contribution in [0.4, 0.5) is 5.69 Å². The molecule has 2 aromatic rings. The zero-order chi connectivity index (χ0) is 14.7. The van der Waals surface area contributed by atoms with Gasteiger partial charge in [0, 0.05) is 6.20 Å². The van der Waals surface area contributed by atoms with E-state index in [0.717, 1.165) is 25.9 Å². The van der Waals surface area contributed by atoms with E-state index in [0.29, 0.717) is 22.4 Å². The third-order valence-corrected chi connectivity index (χ3v) is 4.49. The van der Waals surface area contributed by atoms with Gasteiger partial charge in [0.25, 0.3) is 5.91 Å². The highest BCUT2D eigenvalue weighted by Gasteiger charge is 2.18. The summed E-state index contributed by atoms with van der Waals surface area (Å²) in [6.07, 6.45) is 5.72. The first-order chi connectivity index (χ1) is 10.3. The summed E-state index contributed by atoms with van der Waals surface area (Å²) in [7, 11) is 1.56. The summed E-state index contributed by atoms with van der Waals surface area (Å²) in [5.41, 5.74) is 0.717. The maximum atomic E-state index is 12.2. The average Bonchev–Trinajstić information content (AvgIpc) is 3.16. The SMILES string of the molecule is COc1ccsc1C(=O)Nc1cnn(C2CCNCC2)c1. The highest BCUT2D eigenvalue weighted by molar-refractivity contribution is 7.12. The van der Waals surface area contributed by atoms with Gasteiger partial charge in [-0.3, -0.25) is 9.48 Å². The summed E-state index contributed by atoms with van der Waals surface area (Å²) < 4.78 is 7.11. The Kier molecular flexibility index (Phi) is 4.21. The second-order valence-corrected chi connectivity index (χ2v) is 5.88. The summed E-state index contributed by atoms with van der Waals surface area (Å²) in [4.78, 5) is 12.8. The smallest absolute Gasteiger partial charge is 0.269 e. The fourth-order valence-corrected chi connectivity index (χ4v) is 3.24. The molecule has 2 aromatic heterocycles. The Morgan fingerprint density at radius 2 is 2.33 bits per heavy atom. The summed E-state index contributed by atoms with van der Waals surface area (Å²) in [6, 6.07) is 2.20. The second-order valence-electron chi connectivity index (χ2n) is 4.96. The van der Waals surface area contributed by atoms with E-state index in [2.05, 4.69) is 15.7 Å². The summed E-state index contributed by atoms with van der Waals surface area (Å²) in [5.74, 6) is 0.440. The van der Waals surface area contributed by atoms with Crippen LogP contribution in [0.1, 0.15) is 28.6 Å². The van der Waals surface area contributed by atoms with Crippen LogP contribution >= 0.6 is 11.3 Å². The van der Waals surface area contributed by atoms with Gasteiger partial charge in [0.15, 0.2) is 0 Å². The number of piperidine rings is 1. The molecule has 3 rings (SSSR count). The molecule has 0 radical (unpaired) electrons. The van der Waals surface area contributed by atoms with Crippen LogP contribution in [0, 0.1) is 0 Å². The summed E-state index contributed by atoms with van der Waals surface area (Å²) in [5, 5.41) is 12.4. The monoisotopic (exact) mass is 306 g/mol. The summed E-state index contributed by atoms with van der Waals surface area (Å²) >= 11 is 1.36. The van der Waals surface area contributed by atoms with Gasteiger partial charge in [-0.2, -0.15) is 5.10 Å². The first-order valence-corrected chi connectivity index (χ1v) is 7.83. The van der Waals surface area contributed by atoms with E-state index in [1.165, 1.54) is 11.3 Å². The normalized spacial score (nSPS) is 15.9. The van der Waals surface area contributed by atoms with Crippen LogP contribution in [0.25, 0.3) is 0 Å². The number of hydrogen-bond donors (Lipinski definition) is 2. The maximum absolute atomic E-state index is 12.2. The number of aromatic nitrogens is 2. The largest absolute Gasteiger partial charge is 0.495 e. The fraction of sp³-hybridized carbons (Fsp3) is 0.429. The Morgan fingerprint density at radius 1 is 1.52 bits per heavy atom. The van der Waals surface area contributed by atoms with Gasteiger partial charge in [-0.05, 0) is 37.4 Å². The molecule has 1 aliphatic rings. The molecule has 0 atom stereocenters. The van der Waals surface area contributed by atoms with Gasteiger partial charge >= 0.3 is 0 Å². The zero-order valence-electron chi connectivity index (χ0n) is 11.8. The first kappa shape index (κ1) is 14.1. The van der Waals surface area contributed by atoms with Crippen molar-refractivity contribution in [3.8, 4) is 5.75 Å². The molecule has 0 unspecified atom stereocenters. The number of carbonyl (C=O) groups excluding carboxylic acids is 1. The lowest BCUT2D eigenvalue weighted by atomic mass is 10.1. The van der Waals surface area contributed by atoms with Crippen molar-refractivity contribution in [2.45, 2.75) is 18.9 Å². The molecule has 0 aliphatic carbocycles. The standard InChI is InChI=1S/C14H18N4O2S/c1-20-12-4-7-21-13(12)14(19)17-10-8-16-18(9-10)11-2-5-15-6-3-11/h4,7-9,11,15H,2-3,5-6H2,1H3,(H,17,19). The lowest BCUT2D eigenvalue weighted by Crippen LogP contribution is -2.29. The van der Waals surface area contributed by atoms with E-state index in [9.17, 15) is 4.79 Å². The molecule has 21 heavy (non-hydrogen) atoms. The Hall–Kier alpha value is -1.86. The number of nitrogens with one attached hydrogen (secondary N) is 2. The second kappa shape index (κ2) is 6.28. The van der Waals surface area contributed by atoms with Gasteiger partial charge in [-0.1, -0.05) is 0 Å². The lowest BCUT2D eigenvalue weighted by molar-refractivity contribution is 0.102. The molecule has 0 bridgehead atoms. The van der Waals surface area contributed by atoms with Crippen molar-refractivity contribution in [3.63, 3.8) is 0 Å². The van der Waals surface area contributed by atoms with Crippen molar-refractivity contribution >= 4 is 22.9 Å². The molecule has 112 valence electrons. The molecule has 1 fully saturated rings. The number of nitrogens with zero attached hydrogens (tertiary/aromatic N) is 2. The molecule has 0 saturated carbocycles. The van der Waals surface area contributed by atoms with Gasteiger partial charge < -0.3 is 15.4 Å². The molecular weight excluding hydrogens is 288 g/mol. The van der Waals surface area contributed by atoms with E-state index < -0.39 is 0 Å². The minimum Gasteiger partial charge on any atom is -0.495 e. The van der Waals surface area contributed by atoms with Gasteiger partial charge in [0.1, 0.15) is 10.6 Å². The third-order valence-electron chi connectivity index (χ3n) is 3.60. The van der Waals surface area contributed by atoms with Crippen LogP contribution in [0.15, 0.2) is 23.8 Å². The van der Waals surface area contributed by atoms with Crippen molar-refractivity contribution in [2.24, 2.45) is 0 Å². The highest BCUT2D eigenvalue weighted by atomic mass is 32.1. The number of amides is 1. The molecule has 6 nitrogen and oxygen atoms in total. The van der Waals surface area contributed by atoms with Gasteiger partial charge in [0.2, 0.25) is 0 Å². The third kappa shape index (κ3) is 3.08. The number of hydrogen-bond acceptors (Lipinski definition) is 5. The van der Waals surface area contributed by atoms with Crippen molar-refractivity contribution in [2.75, 3.05) is 25.5 Å². The van der Waals surface area contributed by atoms with Crippen molar-refractivity contribution in [1.82, 2.24) is 15.1 Å². The Balaban J connectivity index is 1.68. The molecule has 2 N–H and O–H groups in total. The van der Waals surface area contributed by atoms with Crippen molar-refractivity contribution < 1.29 is 9.53 Å². The summed E-state index contributed by atoms with van der Waals surface area (Å²) in [6.45, 7) is 2.03. The predicted octanol–water partition coefficient (Wildman–Crippen LogP) is 2.13. The van der Waals surface area contributed by atoms with E-state index in [1.54, 1.807) is 19.4 Å². The van der Waals surface area contributed by atoms with Crippen LogP contribution in [-0.2, 0) is 0 Å². The number of ether oxygens (including phenoxy) is 1. The van der Waals surface area contributed by atoms with E-state index in [4.69, 9.17) is 4.74 Å². The molecule has 0 spiro atoms. The van der Waals surface area contributed by atoms with Crippen LogP contribution in [0.5, 0.6) is 5.75 Å². The van der Waals surface area contributed by atoms with E-state index in [-0.39, 0.29) is 5.91 Å². The molecule has 1 amide bonds. The number of rotatable bonds is 4. The maximum Gasteiger partial charge on any atom is 0.269 e. The van der Waals surface area contributed by atoms with Crippen molar-refractivity contribution in [1.29, 1.82) is 0 Å². The van der Waals surface area contributed by atoms with Crippen LogP contribution in [-0.4, -0.2) is 35.9 Å². The average molecular weight is 306 g/mol. The lowest BCUT2D eigenvalue weighted by Gasteiger charge is -2.22. The number of methoxy groups -OCH3 is 1. The first-order valence-electron chi connectivity index (χ1n) is 6.95. The topological polar surface area (TPSA) is 68.2 Å². The quantitative estimate of drug-likeness (QED) is 0.908. The fourth-order valence-electron chi connectivity index (χ4n) is 2.49. The van der Waals surface area contributed by atoms with E-state index >= 15 is 0 Å². The number of thiophene rings is 1. The van der Waals surface area contributed by atoms with Gasteiger partial charge in [-0.25, -0.2) is 0 Å². The Labute approximate surface area is 127 Å². The number of anilines is 1. The minimum absolute atomic E-state index is 0.160. The number of carbonyl (C=O) groups is 1. The molecule has 7 heteroatoms. The minimum atomic E-state index is -0.160. The molecule has 3 heterocycles. The molecular formula is C14H18N4O2S. The Morgan fingerprint density at radius 3 is 3.10 bits per heavy atom. The van der Waals surface area contributed by atoms with Crippen LogP contribution < -0.4 is 15.4 Å². The van der Waals surface area contributed by atoms with Crippen LogP contribution in [0.2, 0.25) is 0 Å². The molecule has 0 aromatic carbocycles. The van der Waals surface area contributed by atoms with Gasteiger partial charge in [-0.15, -0.1) is 11.3 Å². The van der Waals surface area contributed by atoms with Crippen molar-refractivity contribution in [3.05, 3.63) is 28.7 Å². The van der Waals surface area contributed by atoms with Gasteiger partial charge in [0.05, 0.1) is 25.0 Å². The highest BCUT2D eigenvalue weighted by Crippen LogP contribution is 2.26. The predicted molar refractivity (Wildman–Crippen MR) is 82.2 cm³/mol. The molecule has 1 aliphatic heterocycles. The van der Waals surface area contributed by atoms with E-state index in [1.807, 2.05) is 16.3 Å².